The first-order valence-electron chi connectivity index (χ1n) is 7.40. The Morgan fingerprint density at radius 3 is 2.35 bits per heavy atom. The Bertz CT molecular complexity index is 210. The highest BCUT2D eigenvalue weighted by Crippen LogP contribution is 2.29. The number of aliphatic hydroxyl groups is 1. The second-order valence-electron chi connectivity index (χ2n) is 5.79. The van der Waals surface area contributed by atoms with E-state index in [1.165, 1.54) is 52.1 Å². The summed E-state index contributed by atoms with van der Waals surface area (Å²) < 4.78 is 0. The molecule has 0 bridgehead atoms. The highest BCUT2D eigenvalue weighted by molar-refractivity contribution is 4.80. The zero-order chi connectivity index (χ0) is 12.1. The van der Waals surface area contributed by atoms with Crippen LogP contribution in [0.25, 0.3) is 0 Å². The molecule has 0 aromatic heterocycles. The van der Waals surface area contributed by atoms with Gasteiger partial charge in [0.1, 0.15) is 0 Å². The molecule has 100 valence electrons. The van der Waals surface area contributed by atoms with Crippen molar-refractivity contribution < 1.29 is 5.11 Å². The molecule has 1 atom stereocenters. The highest BCUT2D eigenvalue weighted by atomic mass is 16.3. The van der Waals surface area contributed by atoms with Crippen molar-refractivity contribution in [1.82, 2.24) is 9.80 Å². The van der Waals surface area contributed by atoms with Crippen LogP contribution in [-0.2, 0) is 0 Å². The number of hydrogen-bond donors (Lipinski definition) is 1. The van der Waals surface area contributed by atoms with Crippen LogP contribution in [-0.4, -0.2) is 60.3 Å². The lowest BCUT2D eigenvalue weighted by Crippen LogP contribution is -2.47. The van der Waals surface area contributed by atoms with Gasteiger partial charge in [-0.3, -0.25) is 0 Å². The fraction of sp³-hybridized carbons (Fsp3) is 1.00. The molecule has 0 amide bonds. The minimum Gasteiger partial charge on any atom is -0.393 e. The van der Waals surface area contributed by atoms with E-state index in [1.807, 2.05) is 0 Å². The van der Waals surface area contributed by atoms with Gasteiger partial charge in [0, 0.05) is 32.7 Å². The molecular formula is C14H28N2O. The molecule has 1 saturated heterocycles. The molecule has 1 heterocycles. The summed E-state index contributed by atoms with van der Waals surface area (Å²) in [5.41, 5.74) is 0. The predicted molar refractivity (Wildman–Crippen MR) is 71.1 cm³/mol. The van der Waals surface area contributed by atoms with E-state index in [2.05, 4.69) is 16.7 Å². The Morgan fingerprint density at radius 1 is 1.12 bits per heavy atom. The summed E-state index contributed by atoms with van der Waals surface area (Å²) in [6, 6.07) is 0. The van der Waals surface area contributed by atoms with Gasteiger partial charge in [0.05, 0.1) is 6.10 Å². The number of nitrogens with zero attached hydrogens (tertiary/aromatic N) is 2. The van der Waals surface area contributed by atoms with Gasteiger partial charge < -0.3 is 14.9 Å². The van der Waals surface area contributed by atoms with Crippen molar-refractivity contribution in [1.29, 1.82) is 0 Å². The van der Waals surface area contributed by atoms with Crippen molar-refractivity contribution in [3.63, 3.8) is 0 Å². The fourth-order valence-electron chi connectivity index (χ4n) is 2.62. The third-order valence-electron chi connectivity index (χ3n) is 4.16. The van der Waals surface area contributed by atoms with Crippen molar-refractivity contribution in [2.24, 2.45) is 5.92 Å². The second-order valence-corrected chi connectivity index (χ2v) is 5.79. The largest absolute Gasteiger partial charge is 0.393 e. The first kappa shape index (κ1) is 13.3. The smallest absolute Gasteiger partial charge is 0.0538 e. The van der Waals surface area contributed by atoms with Crippen LogP contribution in [0.1, 0.15) is 39.0 Å². The van der Waals surface area contributed by atoms with E-state index in [-0.39, 0.29) is 6.10 Å². The Labute approximate surface area is 106 Å². The maximum atomic E-state index is 9.51. The average Bonchev–Trinajstić information content (AvgIpc) is 3.15. The Kier molecular flexibility index (Phi) is 5.26. The van der Waals surface area contributed by atoms with Crippen LogP contribution >= 0.6 is 0 Å². The van der Waals surface area contributed by atoms with Crippen LogP contribution < -0.4 is 0 Å². The van der Waals surface area contributed by atoms with E-state index in [1.54, 1.807) is 0 Å². The second kappa shape index (κ2) is 6.72. The van der Waals surface area contributed by atoms with Gasteiger partial charge in [-0.15, -0.1) is 0 Å². The van der Waals surface area contributed by atoms with Gasteiger partial charge in [0.2, 0.25) is 0 Å². The van der Waals surface area contributed by atoms with Crippen molar-refractivity contribution >= 4 is 0 Å². The summed E-state index contributed by atoms with van der Waals surface area (Å²) in [5.74, 6) is 1.03. The maximum Gasteiger partial charge on any atom is 0.0538 e. The first-order valence-corrected chi connectivity index (χ1v) is 7.40. The molecule has 1 aliphatic heterocycles. The molecule has 1 unspecified atom stereocenters. The molecule has 0 radical (unpaired) electrons. The lowest BCUT2D eigenvalue weighted by atomic mass is 10.1. The van der Waals surface area contributed by atoms with Crippen LogP contribution in [0.15, 0.2) is 0 Å². The molecule has 3 heteroatoms. The van der Waals surface area contributed by atoms with Crippen molar-refractivity contribution in [3.05, 3.63) is 0 Å². The van der Waals surface area contributed by atoms with Gasteiger partial charge in [-0.1, -0.05) is 6.92 Å². The zero-order valence-corrected chi connectivity index (χ0v) is 11.3. The molecule has 3 nitrogen and oxygen atoms in total. The minimum atomic E-state index is -0.0776. The molecule has 0 aromatic carbocycles. The zero-order valence-electron chi connectivity index (χ0n) is 11.3. The molecule has 2 fully saturated rings. The summed E-state index contributed by atoms with van der Waals surface area (Å²) in [5, 5.41) is 9.51. The summed E-state index contributed by atoms with van der Waals surface area (Å²) >= 11 is 0. The monoisotopic (exact) mass is 240 g/mol. The predicted octanol–water partition coefficient (Wildman–Crippen LogP) is 1.57. The van der Waals surface area contributed by atoms with Gasteiger partial charge in [-0.2, -0.15) is 0 Å². The van der Waals surface area contributed by atoms with Crippen molar-refractivity contribution in [2.45, 2.75) is 45.1 Å². The van der Waals surface area contributed by atoms with Crippen LogP contribution in [0.4, 0.5) is 0 Å². The van der Waals surface area contributed by atoms with Crippen LogP contribution in [0.5, 0.6) is 0 Å². The number of rotatable bonds is 7. The van der Waals surface area contributed by atoms with E-state index in [9.17, 15) is 5.11 Å². The van der Waals surface area contributed by atoms with Crippen molar-refractivity contribution in [2.75, 3.05) is 39.3 Å². The van der Waals surface area contributed by atoms with Gasteiger partial charge in [0.15, 0.2) is 0 Å². The molecular weight excluding hydrogens is 212 g/mol. The molecule has 0 aromatic rings. The molecule has 2 aliphatic rings. The van der Waals surface area contributed by atoms with Crippen LogP contribution in [0, 0.1) is 5.92 Å². The van der Waals surface area contributed by atoms with E-state index in [0.717, 1.165) is 25.2 Å². The molecule has 1 aliphatic carbocycles. The van der Waals surface area contributed by atoms with Gasteiger partial charge in [-0.25, -0.2) is 0 Å². The first-order chi connectivity index (χ1) is 8.28. The summed E-state index contributed by atoms with van der Waals surface area (Å²) in [6.07, 6.45) is 5.88. The molecule has 1 saturated carbocycles. The van der Waals surface area contributed by atoms with Crippen LogP contribution in [0.2, 0.25) is 0 Å². The number of aliphatic hydroxyl groups excluding tert-OH is 1. The van der Waals surface area contributed by atoms with E-state index in [4.69, 9.17) is 0 Å². The van der Waals surface area contributed by atoms with Crippen LogP contribution in [0.3, 0.4) is 0 Å². The quantitative estimate of drug-likeness (QED) is 0.731. The Balaban J connectivity index is 1.52. The average molecular weight is 240 g/mol. The summed E-state index contributed by atoms with van der Waals surface area (Å²) in [4.78, 5) is 5.20. The lowest BCUT2D eigenvalue weighted by Gasteiger charge is -2.34. The fourth-order valence-corrected chi connectivity index (χ4v) is 2.62. The Hall–Kier alpha value is -0.120. The highest BCUT2D eigenvalue weighted by Gasteiger charge is 2.26. The standard InChI is InChI=1S/C14H28N2O/c1-2-14(17)4-3-7-15-8-10-16(11-9-15)12-13-5-6-13/h13-14,17H,2-12H2,1H3. The SMILES string of the molecule is CCC(O)CCCN1CCN(CC2CC2)CC1. The van der Waals surface area contributed by atoms with Gasteiger partial charge in [-0.05, 0) is 44.6 Å². The van der Waals surface area contributed by atoms with Crippen molar-refractivity contribution in [3.8, 4) is 0 Å². The van der Waals surface area contributed by atoms with E-state index in [0.29, 0.717) is 0 Å². The van der Waals surface area contributed by atoms with E-state index < -0.39 is 0 Å². The normalized spacial score (nSPS) is 25.1. The van der Waals surface area contributed by atoms with E-state index >= 15 is 0 Å². The maximum absolute atomic E-state index is 9.51. The molecule has 0 spiro atoms. The number of piperazine rings is 1. The minimum absolute atomic E-state index is 0.0776. The van der Waals surface area contributed by atoms with Gasteiger partial charge >= 0.3 is 0 Å². The molecule has 2 rings (SSSR count). The summed E-state index contributed by atoms with van der Waals surface area (Å²) in [7, 11) is 0. The summed E-state index contributed by atoms with van der Waals surface area (Å²) in [6.45, 7) is 9.56. The lowest BCUT2D eigenvalue weighted by molar-refractivity contribution is 0.114. The number of hydrogen-bond acceptors (Lipinski definition) is 3. The topological polar surface area (TPSA) is 26.7 Å². The third-order valence-corrected chi connectivity index (χ3v) is 4.16. The third kappa shape index (κ3) is 4.94. The molecule has 1 N–H and O–H groups in total. The molecule has 17 heavy (non-hydrogen) atoms. The van der Waals surface area contributed by atoms with Gasteiger partial charge in [0.25, 0.3) is 0 Å². The Morgan fingerprint density at radius 2 is 1.76 bits per heavy atom.